The van der Waals surface area contributed by atoms with Crippen LogP contribution in [0.4, 0.5) is 5.95 Å². The number of nitrogens with one attached hydrogen (secondary N) is 1. The molecule has 0 unspecified atom stereocenters. The topological polar surface area (TPSA) is 115 Å². The number of aromatic nitrogens is 7. The number of anilines is 1. The van der Waals surface area contributed by atoms with Crippen molar-refractivity contribution in [3.8, 4) is 11.1 Å². The second-order valence-corrected chi connectivity index (χ2v) is 9.44. The Morgan fingerprint density at radius 1 is 1.11 bits per heavy atom. The van der Waals surface area contributed by atoms with Crippen molar-refractivity contribution in [2.75, 3.05) is 19.0 Å². The molecule has 1 saturated carbocycles. The highest BCUT2D eigenvalue weighted by Gasteiger charge is 2.26. The molecule has 0 saturated heterocycles. The van der Waals surface area contributed by atoms with E-state index in [0.29, 0.717) is 25.0 Å². The van der Waals surface area contributed by atoms with E-state index in [1.54, 1.807) is 19.5 Å². The third kappa shape index (κ3) is 5.18. The molecule has 0 radical (unpaired) electrons. The number of ether oxygens (including phenoxy) is 1. The molecule has 2 N–H and O–H groups in total. The predicted octanol–water partition coefficient (Wildman–Crippen LogP) is 3.20. The van der Waals surface area contributed by atoms with Gasteiger partial charge in [-0.3, -0.25) is 14.6 Å². The molecule has 0 aliphatic heterocycles. The zero-order chi connectivity index (χ0) is 24.4. The van der Waals surface area contributed by atoms with Crippen molar-refractivity contribution >= 4 is 11.5 Å². The maximum absolute atomic E-state index is 10.0. The molecule has 10 nitrogen and oxygen atoms in total. The van der Waals surface area contributed by atoms with Crippen LogP contribution in [0.1, 0.15) is 55.6 Å². The summed E-state index contributed by atoms with van der Waals surface area (Å²) >= 11 is 0. The van der Waals surface area contributed by atoms with Crippen LogP contribution in [0.25, 0.3) is 16.6 Å². The first kappa shape index (κ1) is 23.4. The van der Waals surface area contributed by atoms with Crippen LogP contribution in [0.3, 0.4) is 0 Å². The van der Waals surface area contributed by atoms with Crippen molar-refractivity contribution in [3.05, 3.63) is 54.1 Å². The normalized spacial score (nSPS) is 19.2. The van der Waals surface area contributed by atoms with Gasteiger partial charge in [-0.2, -0.15) is 5.10 Å². The number of hydrogen-bond donors (Lipinski definition) is 2. The van der Waals surface area contributed by atoms with Gasteiger partial charge in [0.25, 0.3) is 0 Å². The fourth-order valence-corrected chi connectivity index (χ4v) is 4.74. The van der Waals surface area contributed by atoms with Crippen molar-refractivity contribution < 1.29 is 9.84 Å². The summed E-state index contributed by atoms with van der Waals surface area (Å²) in [6.45, 7) is 5.08. The van der Waals surface area contributed by atoms with Crippen molar-refractivity contribution in [1.82, 2.24) is 34.3 Å². The zero-order valence-electron chi connectivity index (χ0n) is 20.4. The van der Waals surface area contributed by atoms with Gasteiger partial charge in [0.1, 0.15) is 0 Å². The van der Waals surface area contributed by atoms with E-state index in [1.807, 2.05) is 41.6 Å². The Morgan fingerprint density at radius 3 is 2.69 bits per heavy atom. The van der Waals surface area contributed by atoms with Gasteiger partial charge in [-0.15, -0.1) is 5.10 Å². The fourth-order valence-electron chi connectivity index (χ4n) is 4.74. The molecule has 4 aromatic heterocycles. The number of aryl methyl sites for hydroxylation is 1. The van der Waals surface area contributed by atoms with Gasteiger partial charge in [0, 0.05) is 48.3 Å². The van der Waals surface area contributed by atoms with Crippen LogP contribution in [-0.4, -0.2) is 65.3 Å². The summed E-state index contributed by atoms with van der Waals surface area (Å²) in [6.07, 6.45) is 12.6. The highest BCUT2D eigenvalue weighted by atomic mass is 16.5. The van der Waals surface area contributed by atoms with Crippen molar-refractivity contribution in [1.29, 1.82) is 0 Å². The smallest absolute Gasteiger partial charge is 0.241 e. The van der Waals surface area contributed by atoms with Gasteiger partial charge in [0.15, 0.2) is 0 Å². The van der Waals surface area contributed by atoms with Crippen LogP contribution in [0, 0.1) is 6.92 Å². The molecule has 1 atom stereocenters. The van der Waals surface area contributed by atoms with E-state index in [4.69, 9.17) is 9.84 Å². The number of rotatable bonds is 8. The molecule has 0 bridgehead atoms. The van der Waals surface area contributed by atoms with Gasteiger partial charge in [0.2, 0.25) is 5.95 Å². The number of aliphatic hydroxyl groups is 1. The van der Waals surface area contributed by atoms with E-state index in [-0.39, 0.29) is 12.1 Å². The molecular weight excluding hydrogens is 444 g/mol. The summed E-state index contributed by atoms with van der Waals surface area (Å²) in [6, 6.07) is 2.30. The number of fused-ring (bicyclic) bond motifs is 1. The van der Waals surface area contributed by atoms with Gasteiger partial charge in [-0.05, 0) is 45.6 Å². The van der Waals surface area contributed by atoms with E-state index >= 15 is 0 Å². The van der Waals surface area contributed by atoms with Gasteiger partial charge < -0.3 is 15.2 Å². The third-order valence-corrected chi connectivity index (χ3v) is 6.55. The first-order chi connectivity index (χ1) is 17.0. The highest BCUT2D eigenvalue weighted by molar-refractivity contribution is 5.81. The van der Waals surface area contributed by atoms with E-state index in [9.17, 15) is 5.11 Å². The van der Waals surface area contributed by atoms with E-state index in [2.05, 4.69) is 31.4 Å². The molecular formula is C25H32N8O2. The molecule has 35 heavy (non-hydrogen) atoms. The van der Waals surface area contributed by atoms with Crippen molar-refractivity contribution in [2.24, 2.45) is 0 Å². The first-order valence-electron chi connectivity index (χ1n) is 12.1. The lowest BCUT2D eigenvalue weighted by Gasteiger charge is -2.25. The second kappa shape index (κ2) is 10.1. The molecule has 0 spiro atoms. The Kier molecular flexibility index (Phi) is 6.74. The predicted molar refractivity (Wildman–Crippen MR) is 132 cm³/mol. The van der Waals surface area contributed by atoms with Gasteiger partial charge in [0.05, 0.1) is 54.8 Å². The molecule has 4 aromatic rings. The van der Waals surface area contributed by atoms with Crippen LogP contribution in [0.15, 0.2) is 37.1 Å². The summed E-state index contributed by atoms with van der Waals surface area (Å²) in [5.41, 5.74) is 5.88. The maximum Gasteiger partial charge on any atom is 0.241 e. The van der Waals surface area contributed by atoms with Crippen LogP contribution in [0.2, 0.25) is 0 Å². The Morgan fingerprint density at radius 2 is 1.94 bits per heavy atom. The fraction of sp³-hybridized carbons (Fsp3) is 0.480. The lowest BCUT2D eigenvalue weighted by atomic mass is 9.85. The largest absolute Gasteiger partial charge is 0.393 e. The van der Waals surface area contributed by atoms with E-state index < -0.39 is 0 Å². The summed E-state index contributed by atoms with van der Waals surface area (Å²) in [4.78, 5) is 13.4. The van der Waals surface area contributed by atoms with Crippen molar-refractivity contribution in [2.45, 2.75) is 64.1 Å². The number of aliphatic hydroxyl groups excluding tert-OH is 1. The maximum atomic E-state index is 10.0. The average molecular weight is 477 g/mol. The van der Waals surface area contributed by atoms with E-state index in [1.165, 1.54) is 0 Å². The Labute approximate surface area is 204 Å². The molecule has 4 heterocycles. The lowest BCUT2D eigenvalue weighted by molar-refractivity contribution is 0.121. The van der Waals surface area contributed by atoms with Gasteiger partial charge >= 0.3 is 0 Å². The quantitative estimate of drug-likeness (QED) is 0.398. The molecule has 1 aliphatic carbocycles. The SMILES string of the molecule is COC[C@H](C)Nc1ncc2c(-c3cnn(Cc4cnc(C)cn4)c3)cc(C3CCC(O)CC3)n2n1. The van der Waals surface area contributed by atoms with Gasteiger partial charge in [-0.1, -0.05) is 0 Å². The van der Waals surface area contributed by atoms with Gasteiger partial charge in [-0.25, -0.2) is 9.50 Å². The highest BCUT2D eigenvalue weighted by Crippen LogP contribution is 2.37. The van der Waals surface area contributed by atoms with Crippen molar-refractivity contribution in [3.63, 3.8) is 0 Å². The minimum atomic E-state index is -0.207. The number of hydrogen-bond acceptors (Lipinski definition) is 8. The molecule has 5 rings (SSSR count). The van der Waals surface area contributed by atoms with Crippen LogP contribution >= 0.6 is 0 Å². The summed E-state index contributed by atoms with van der Waals surface area (Å²) in [7, 11) is 1.68. The number of methoxy groups -OCH3 is 1. The van der Waals surface area contributed by atoms with Crippen LogP contribution in [0.5, 0.6) is 0 Å². The standard InChI is InChI=1S/C25H32N8O2/c1-16-9-27-20(11-26-16)14-32-13-19(10-29-32)22-8-23(18-4-6-21(34)7-5-18)33-24(22)12-28-25(31-33)30-17(2)15-35-3/h8-13,17-18,21,34H,4-7,14-15H2,1-3H3,(H,30,31)/t17-,18?,21?/m0/s1. The molecule has 1 aliphatic rings. The van der Waals surface area contributed by atoms with Crippen LogP contribution in [-0.2, 0) is 11.3 Å². The Bertz CT molecular complexity index is 1270. The monoisotopic (exact) mass is 476 g/mol. The molecule has 0 aromatic carbocycles. The third-order valence-electron chi connectivity index (χ3n) is 6.55. The minimum Gasteiger partial charge on any atom is -0.393 e. The summed E-state index contributed by atoms with van der Waals surface area (Å²) in [5, 5.41) is 22.8. The molecule has 184 valence electrons. The van der Waals surface area contributed by atoms with E-state index in [0.717, 1.165) is 59.4 Å². The molecule has 10 heteroatoms. The average Bonchev–Trinajstić information content (AvgIpc) is 3.46. The lowest BCUT2D eigenvalue weighted by Crippen LogP contribution is -2.23. The molecule has 1 fully saturated rings. The number of nitrogens with zero attached hydrogens (tertiary/aromatic N) is 7. The van der Waals surface area contributed by atoms with Crippen LogP contribution < -0.4 is 5.32 Å². The Balaban J connectivity index is 1.49. The summed E-state index contributed by atoms with van der Waals surface area (Å²) < 4.78 is 9.12. The molecule has 0 amide bonds. The summed E-state index contributed by atoms with van der Waals surface area (Å²) in [5.74, 6) is 0.895. The second-order valence-electron chi connectivity index (χ2n) is 9.44. The Hall–Kier alpha value is -3.37. The minimum absolute atomic E-state index is 0.0869. The zero-order valence-corrected chi connectivity index (χ0v) is 20.4. The first-order valence-corrected chi connectivity index (χ1v) is 12.1.